The zero-order chi connectivity index (χ0) is 29.3. The Balaban J connectivity index is 1.49. The van der Waals surface area contributed by atoms with Crippen molar-refractivity contribution in [3.05, 3.63) is 66.0 Å². The van der Waals surface area contributed by atoms with Gasteiger partial charge in [0, 0.05) is 67.6 Å². The number of amides is 1. The maximum atomic E-state index is 15.6. The van der Waals surface area contributed by atoms with Gasteiger partial charge in [0.05, 0.1) is 35.7 Å². The predicted molar refractivity (Wildman–Crippen MR) is 148 cm³/mol. The van der Waals surface area contributed by atoms with Crippen LogP contribution in [0.4, 0.5) is 34.9 Å². The Hall–Kier alpha value is -3.97. The average Bonchev–Trinajstić information content (AvgIpc) is 3.44. The fourth-order valence-corrected chi connectivity index (χ4v) is 5.06. The van der Waals surface area contributed by atoms with Crippen molar-refractivity contribution in [3.8, 4) is 11.1 Å². The van der Waals surface area contributed by atoms with E-state index in [4.69, 9.17) is 4.74 Å². The number of carbonyl (C=O) groups excluding carboxylic acids is 1. The summed E-state index contributed by atoms with van der Waals surface area (Å²) < 4.78 is 62.3. The van der Waals surface area contributed by atoms with Crippen LogP contribution in [0.25, 0.3) is 11.1 Å². The number of anilines is 3. The van der Waals surface area contributed by atoms with Gasteiger partial charge in [-0.2, -0.15) is 13.2 Å². The molecule has 41 heavy (non-hydrogen) atoms. The predicted octanol–water partition coefficient (Wildman–Crippen LogP) is 3.69. The van der Waals surface area contributed by atoms with Crippen LogP contribution >= 0.6 is 0 Å². The van der Waals surface area contributed by atoms with E-state index in [0.29, 0.717) is 56.6 Å². The molecule has 2 aromatic rings. The van der Waals surface area contributed by atoms with Crippen LogP contribution in [0.1, 0.15) is 6.42 Å². The fourth-order valence-electron chi connectivity index (χ4n) is 5.06. The number of benzene rings is 1. The second kappa shape index (κ2) is 11.5. The lowest BCUT2D eigenvalue weighted by Crippen LogP contribution is -2.37. The highest BCUT2D eigenvalue weighted by molar-refractivity contribution is 6.09. The smallest absolute Gasteiger partial charge is 0.378 e. The van der Waals surface area contributed by atoms with E-state index in [1.807, 2.05) is 23.9 Å². The number of dihydropyridines is 1. The number of alkyl halides is 3. The molecule has 1 atom stereocenters. The van der Waals surface area contributed by atoms with E-state index < -0.39 is 29.0 Å². The van der Waals surface area contributed by atoms with Crippen LogP contribution in [0.5, 0.6) is 0 Å². The molecule has 13 heteroatoms. The molecule has 2 saturated heterocycles. The van der Waals surface area contributed by atoms with E-state index in [2.05, 4.69) is 32.1 Å². The molecule has 5 rings (SSSR count). The molecule has 3 aliphatic heterocycles. The first-order valence-corrected chi connectivity index (χ1v) is 13.2. The Bertz CT molecular complexity index is 1380. The van der Waals surface area contributed by atoms with Crippen molar-refractivity contribution in [2.45, 2.75) is 18.6 Å². The molecule has 3 aliphatic rings. The minimum Gasteiger partial charge on any atom is -0.378 e. The highest BCUT2D eigenvalue weighted by Gasteiger charge is 2.40. The van der Waals surface area contributed by atoms with Gasteiger partial charge < -0.3 is 30.1 Å². The standard InChI is InChI=1S/C28H31F4N7O2/c1-17-10-22(28(30,31)32)21(15-33-17)26(40)36-24-11-20(18-13-34-27(35-14-18)38-6-8-41-9-7-38)23(29)12-25(24)39-5-4-19(16-39)37(2)3/h10-15,19,33H,1,4-9,16H2,2-3H3,(H,36,40)/t19-/m0/s1. The van der Waals surface area contributed by atoms with Gasteiger partial charge in [0.2, 0.25) is 5.95 Å². The summed E-state index contributed by atoms with van der Waals surface area (Å²) in [7, 11) is 3.89. The fraction of sp³-hybridized carbons (Fsp3) is 0.393. The summed E-state index contributed by atoms with van der Waals surface area (Å²) in [5.74, 6) is -1.08. The Morgan fingerprint density at radius 2 is 1.85 bits per heavy atom. The molecule has 0 aliphatic carbocycles. The van der Waals surface area contributed by atoms with Gasteiger partial charge in [-0.3, -0.25) is 4.79 Å². The summed E-state index contributed by atoms with van der Waals surface area (Å²) in [5.41, 5.74) is -0.699. The number of aromatic nitrogens is 2. The number of likely N-dealkylation sites (N-methyl/N-ethyl adjacent to an activating group) is 1. The molecular weight excluding hydrogens is 542 g/mol. The van der Waals surface area contributed by atoms with Crippen molar-refractivity contribution < 1.29 is 27.1 Å². The minimum absolute atomic E-state index is 0.00551. The molecule has 2 fully saturated rings. The monoisotopic (exact) mass is 573 g/mol. The molecule has 0 spiro atoms. The van der Waals surface area contributed by atoms with Crippen molar-refractivity contribution in [1.29, 1.82) is 0 Å². The molecule has 1 aromatic carbocycles. The van der Waals surface area contributed by atoms with Gasteiger partial charge in [0.15, 0.2) is 0 Å². The first kappa shape index (κ1) is 28.6. The lowest BCUT2D eigenvalue weighted by atomic mass is 10.0. The molecule has 0 saturated carbocycles. The summed E-state index contributed by atoms with van der Waals surface area (Å²) in [6, 6.07) is 2.92. The van der Waals surface area contributed by atoms with E-state index >= 15 is 4.39 Å². The van der Waals surface area contributed by atoms with E-state index in [0.717, 1.165) is 18.7 Å². The molecule has 1 amide bonds. The zero-order valence-corrected chi connectivity index (χ0v) is 22.8. The van der Waals surface area contributed by atoms with Crippen molar-refractivity contribution in [2.75, 3.05) is 68.6 Å². The van der Waals surface area contributed by atoms with Crippen molar-refractivity contribution in [1.82, 2.24) is 20.2 Å². The van der Waals surface area contributed by atoms with Crippen molar-refractivity contribution in [2.24, 2.45) is 0 Å². The number of nitrogens with one attached hydrogen (secondary N) is 2. The topological polar surface area (TPSA) is 85.9 Å². The molecule has 0 bridgehead atoms. The summed E-state index contributed by atoms with van der Waals surface area (Å²) in [5, 5.41) is 5.19. The molecule has 1 aromatic heterocycles. The van der Waals surface area contributed by atoms with Gasteiger partial charge in [-0.1, -0.05) is 6.58 Å². The van der Waals surface area contributed by atoms with Crippen molar-refractivity contribution >= 4 is 23.2 Å². The molecule has 0 unspecified atom stereocenters. The Morgan fingerprint density at radius 3 is 2.49 bits per heavy atom. The number of nitrogens with zero attached hydrogens (tertiary/aromatic N) is 5. The Morgan fingerprint density at radius 1 is 1.15 bits per heavy atom. The number of halogens is 4. The highest BCUT2D eigenvalue weighted by atomic mass is 19.4. The molecule has 9 nitrogen and oxygen atoms in total. The van der Waals surface area contributed by atoms with Gasteiger partial charge in [-0.15, -0.1) is 0 Å². The zero-order valence-electron chi connectivity index (χ0n) is 22.8. The largest absolute Gasteiger partial charge is 0.417 e. The summed E-state index contributed by atoms with van der Waals surface area (Å²) in [4.78, 5) is 28.0. The summed E-state index contributed by atoms with van der Waals surface area (Å²) >= 11 is 0. The number of allylic oxidation sites excluding steroid dienone is 1. The minimum atomic E-state index is -4.78. The third-order valence-electron chi connectivity index (χ3n) is 7.37. The van der Waals surface area contributed by atoms with Gasteiger partial charge in [-0.25, -0.2) is 14.4 Å². The second-order valence-corrected chi connectivity index (χ2v) is 10.3. The SMILES string of the molecule is C=C1C=C(C(F)(F)F)C(C(=O)Nc2cc(-c3cnc(N4CCOCC4)nc3)c(F)cc2N2CC[C@H](N(C)C)C2)=CN1. The average molecular weight is 574 g/mol. The third kappa shape index (κ3) is 6.20. The maximum Gasteiger partial charge on any atom is 0.417 e. The maximum absolute atomic E-state index is 15.6. The van der Waals surface area contributed by atoms with E-state index in [1.165, 1.54) is 24.5 Å². The Labute approximate surface area is 235 Å². The molecule has 4 heterocycles. The number of carbonyl (C=O) groups is 1. The van der Waals surface area contributed by atoms with E-state index in [-0.39, 0.29) is 23.0 Å². The van der Waals surface area contributed by atoms with Crippen LogP contribution in [0.15, 0.2) is 60.2 Å². The van der Waals surface area contributed by atoms with Crippen LogP contribution in [-0.4, -0.2) is 86.5 Å². The van der Waals surface area contributed by atoms with Gasteiger partial charge >= 0.3 is 6.18 Å². The molecular formula is C28H31F4N7O2. The lowest BCUT2D eigenvalue weighted by molar-refractivity contribution is -0.115. The molecule has 218 valence electrons. The molecule has 2 N–H and O–H groups in total. The number of hydrogen-bond acceptors (Lipinski definition) is 8. The quantitative estimate of drug-likeness (QED) is 0.507. The van der Waals surface area contributed by atoms with E-state index in [9.17, 15) is 18.0 Å². The second-order valence-electron chi connectivity index (χ2n) is 10.3. The number of ether oxygens (including phenoxy) is 1. The summed E-state index contributed by atoms with van der Waals surface area (Å²) in [6.45, 7) is 7.02. The number of morpholine rings is 1. The van der Waals surface area contributed by atoms with Crippen molar-refractivity contribution in [3.63, 3.8) is 0 Å². The van der Waals surface area contributed by atoms with Gasteiger partial charge in [-0.05, 0) is 38.7 Å². The van der Waals surface area contributed by atoms with Crippen LogP contribution in [0.2, 0.25) is 0 Å². The van der Waals surface area contributed by atoms with Crippen LogP contribution in [0, 0.1) is 5.82 Å². The first-order chi connectivity index (χ1) is 19.5. The van der Waals surface area contributed by atoms with Crippen LogP contribution in [-0.2, 0) is 9.53 Å². The lowest BCUT2D eigenvalue weighted by Gasteiger charge is -2.27. The Kier molecular flexibility index (Phi) is 8.00. The first-order valence-electron chi connectivity index (χ1n) is 13.2. The summed E-state index contributed by atoms with van der Waals surface area (Å²) in [6.07, 6.45) is 0.756. The van der Waals surface area contributed by atoms with Gasteiger partial charge in [0.25, 0.3) is 5.91 Å². The normalized spacial score (nSPS) is 19.7. The molecule has 0 radical (unpaired) electrons. The highest BCUT2D eigenvalue weighted by Crippen LogP contribution is 2.38. The number of rotatable bonds is 6. The number of hydrogen-bond donors (Lipinski definition) is 2. The van der Waals surface area contributed by atoms with Crippen LogP contribution in [0.3, 0.4) is 0 Å². The van der Waals surface area contributed by atoms with E-state index in [1.54, 1.807) is 0 Å². The van der Waals surface area contributed by atoms with Crippen LogP contribution < -0.4 is 20.4 Å². The van der Waals surface area contributed by atoms with Gasteiger partial charge in [0.1, 0.15) is 5.82 Å². The third-order valence-corrected chi connectivity index (χ3v) is 7.37.